The van der Waals surface area contributed by atoms with Crippen LogP contribution in [0.3, 0.4) is 0 Å². The van der Waals surface area contributed by atoms with Crippen molar-refractivity contribution in [1.82, 2.24) is 4.98 Å². The zero-order chi connectivity index (χ0) is 12.1. The Bertz CT molecular complexity index is 335. The third-order valence-corrected chi connectivity index (χ3v) is 2.91. The molecule has 90 valence electrons. The second-order valence-electron chi connectivity index (χ2n) is 4.01. The zero-order valence-corrected chi connectivity index (χ0v) is 10.7. The van der Waals surface area contributed by atoms with Crippen LogP contribution in [0.5, 0.6) is 0 Å². The molecule has 16 heavy (non-hydrogen) atoms. The van der Waals surface area contributed by atoms with E-state index in [-0.39, 0.29) is 0 Å². The molecule has 3 nitrogen and oxygen atoms in total. The van der Waals surface area contributed by atoms with Gasteiger partial charge in [0, 0.05) is 19.3 Å². The van der Waals surface area contributed by atoms with Crippen molar-refractivity contribution in [2.45, 2.75) is 40.2 Å². The molecular weight excluding hydrogens is 200 g/mol. The fraction of sp³-hybridized carbons (Fsp3) is 0.615. The van der Waals surface area contributed by atoms with E-state index in [0.717, 1.165) is 36.5 Å². The van der Waals surface area contributed by atoms with Gasteiger partial charge in [-0.25, -0.2) is 4.98 Å². The molecule has 1 rings (SSSR count). The monoisotopic (exact) mass is 222 g/mol. The second kappa shape index (κ2) is 5.85. The van der Waals surface area contributed by atoms with E-state index in [1.54, 1.807) is 6.20 Å². The fourth-order valence-electron chi connectivity index (χ4n) is 1.86. The van der Waals surface area contributed by atoms with Crippen LogP contribution < -0.4 is 4.90 Å². The Morgan fingerprint density at radius 2 is 1.94 bits per heavy atom. The molecule has 0 amide bonds. The Kier molecular flexibility index (Phi) is 4.74. The Morgan fingerprint density at radius 3 is 2.38 bits per heavy atom. The van der Waals surface area contributed by atoms with Crippen LogP contribution in [0.2, 0.25) is 0 Å². The van der Waals surface area contributed by atoms with Crippen LogP contribution in [0.1, 0.15) is 44.4 Å². The number of hydrogen-bond donors (Lipinski definition) is 1. The minimum atomic E-state index is -0.392. The molecule has 0 saturated heterocycles. The molecule has 0 unspecified atom stereocenters. The molecule has 0 radical (unpaired) electrons. The maximum absolute atomic E-state index is 9.74. The van der Waals surface area contributed by atoms with Crippen molar-refractivity contribution in [3.63, 3.8) is 0 Å². The SMILES string of the molecule is CC[C@@H](O)c1cnc(N(CC)CC)c(C)c1. The number of aryl methyl sites for hydroxylation is 1. The first-order valence-corrected chi connectivity index (χ1v) is 6.03. The second-order valence-corrected chi connectivity index (χ2v) is 4.01. The molecule has 0 aromatic carbocycles. The van der Waals surface area contributed by atoms with Crippen LogP contribution in [0.4, 0.5) is 5.82 Å². The van der Waals surface area contributed by atoms with Crippen LogP contribution in [-0.4, -0.2) is 23.2 Å². The molecule has 1 N–H and O–H groups in total. The summed E-state index contributed by atoms with van der Waals surface area (Å²) in [5, 5.41) is 9.74. The number of nitrogens with zero attached hydrogens (tertiary/aromatic N) is 2. The highest BCUT2D eigenvalue weighted by atomic mass is 16.3. The smallest absolute Gasteiger partial charge is 0.131 e. The normalized spacial score (nSPS) is 12.6. The maximum atomic E-state index is 9.74. The van der Waals surface area contributed by atoms with Crippen LogP contribution in [0.25, 0.3) is 0 Å². The number of aromatic nitrogens is 1. The highest BCUT2D eigenvalue weighted by Crippen LogP contribution is 2.22. The van der Waals surface area contributed by atoms with Gasteiger partial charge in [0.2, 0.25) is 0 Å². The summed E-state index contributed by atoms with van der Waals surface area (Å²) < 4.78 is 0. The summed E-state index contributed by atoms with van der Waals surface area (Å²) in [6.07, 6.45) is 2.12. The predicted octanol–water partition coefficient (Wildman–Crippen LogP) is 2.68. The van der Waals surface area contributed by atoms with Crippen molar-refractivity contribution in [3.8, 4) is 0 Å². The van der Waals surface area contributed by atoms with Gasteiger partial charge in [0.05, 0.1) is 6.10 Å². The summed E-state index contributed by atoms with van der Waals surface area (Å²) in [5.41, 5.74) is 2.05. The molecule has 0 saturated carbocycles. The van der Waals surface area contributed by atoms with E-state index in [0.29, 0.717) is 0 Å². The molecule has 3 heteroatoms. The molecule has 1 heterocycles. The molecule has 0 fully saturated rings. The van der Waals surface area contributed by atoms with Crippen LogP contribution >= 0.6 is 0 Å². The van der Waals surface area contributed by atoms with Crippen LogP contribution in [0.15, 0.2) is 12.3 Å². The number of rotatable bonds is 5. The van der Waals surface area contributed by atoms with Gasteiger partial charge in [-0.2, -0.15) is 0 Å². The van der Waals surface area contributed by atoms with Crippen LogP contribution in [-0.2, 0) is 0 Å². The van der Waals surface area contributed by atoms with E-state index in [9.17, 15) is 5.11 Å². The lowest BCUT2D eigenvalue weighted by Gasteiger charge is -2.22. The number of pyridine rings is 1. The summed E-state index contributed by atoms with van der Waals surface area (Å²) in [7, 11) is 0. The van der Waals surface area contributed by atoms with Gasteiger partial charge in [-0.3, -0.25) is 0 Å². The van der Waals surface area contributed by atoms with Gasteiger partial charge in [0.15, 0.2) is 0 Å². The average Bonchev–Trinajstić information content (AvgIpc) is 2.31. The van der Waals surface area contributed by atoms with Gasteiger partial charge in [-0.05, 0) is 44.4 Å². The topological polar surface area (TPSA) is 36.4 Å². The van der Waals surface area contributed by atoms with Crippen LogP contribution in [0, 0.1) is 6.92 Å². The lowest BCUT2D eigenvalue weighted by atomic mass is 10.1. The lowest BCUT2D eigenvalue weighted by Crippen LogP contribution is -2.24. The summed E-state index contributed by atoms with van der Waals surface area (Å²) >= 11 is 0. The third kappa shape index (κ3) is 2.73. The van der Waals surface area contributed by atoms with E-state index in [2.05, 4.69) is 23.7 Å². The third-order valence-electron chi connectivity index (χ3n) is 2.91. The Balaban J connectivity index is 2.99. The van der Waals surface area contributed by atoms with Gasteiger partial charge >= 0.3 is 0 Å². The molecule has 1 atom stereocenters. The average molecular weight is 222 g/mol. The van der Waals surface area contributed by atoms with E-state index in [1.165, 1.54) is 0 Å². The fourth-order valence-corrected chi connectivity index (χ4v) is 1.86. The first-order chi connectivity index (χ1) is 7.63. The van der Waals surface area contributed by atoms with Crippen molar-refractivity contribution >= 4 is 5.82 Å². The largest absolute Gasteiger partial charge is 0.388 e. The minimum absolute atomic E-state index is 0.392. The Morgan fingerprint density at radius 1 is 1.31 bits per heavy atom. The van der Waals surface area contributed by atoms with E-state index in [1.807, 2.05) is 19.9 Å². The van der Waals surface area contributed by atoms with Gasteiger partial charge in [0.25, 0.3) is 0 Å². The lowest BCUT2D eigenvalue weighted by molar-refractivity contribution is 0.173. The number of aliphatic hydroxyl groups excluding tert-OH is 1. The van der Waals surface area contributed by atoms with Crippen molar-refractivity contribution in [2.75, 3.05) is 18.0 Å². The molecule has 0 aliphatic carbocycles. The standard InChI is InChI=1S/C13H22N2O/c1-5-12(16)11-8-10(4)13(14-9-11)15(6-2)7-3/h8-9,12,16H,5-7H2,1-4H3/t12-/m1/s1. The van der Waals surface area contributed by atoms with Crippen molar-refractivity contribution < 1.29 is 5.11 Å². The first-order valence-electron chi connectivity index (χ1n) is 6.03. The molecule has 1 aromatic heterocycles. The quantitative estimate of drug-likeness (QED) is 0.832. The molecule has 0 aliphatic rings. The maximum Gasteiger partial charge on any atom is 0.131 e. The van der Waals surface area contributed by atoms with Gasteiger partial charge < -0.3 is 10.0 Å². The van der Waals surface area contributed by atoms with Gasteiger partial charge in [0.1, 0.15) is 5.82 Å². The highest BCUT2D eigenvalue weighted by Gasteiger charge is 2.11. The zero-order valence-electron chi connectivity index (χ0n) is 10.7. The molecule has 0 bridgehead atoms. The van der Waals surface area contributed by atoms with E-state index in [4.69, 9.17) is 0 Å². The van der Waals surface area contributed by atoms with Gasteiger partial charge in [-0.1, -0.05) is 6.92 Å². The Labute approximate surface area is 98.1 Å². The molecule has 0 aliphatic heterocycles. The van der Waals surface area contributed by atoms with Crippen molar-refractivity contribution in [1.29, 1.82) is 0 Å². The van der Waals surface area contributed by atoms with E-state index >= 15 is 0 Å². The number of aliphatic hydroxyl groups is 1. The highest BCUT2D eigenvalue weighted by molar-refractivity contribution is 5.47. The number of hydrogen-bond acceptors (Lipinski definition) is 3. The summed E-state index contributed by atoms with van der Waals surface area (Å²) in [6.45, 7) is 10.2. The molecular formula is C13H22N2O. The predicted molar refractivity (Wildman–Crippen MR) is 67.8 cm³/mol. The van der Waals surface area contributed by atoms with Crippen molar-refractivity contribution in [2.24, 2.45) is 0 Å². The minimum Gasteiger partial charge on any atom is -0.388 e. The van der Waals surface area contributed by atoms with Crippen molar-refractivity contribution in [3.05, 3.63) is 23.4 Å². The first kappa shape index (κ1) is 13.0. The summed E-state index contributed by atoms with van der Waals surface area (Å²) in [6, 6.07) is 2.04. The number of anilines is 1. The Hall–Kier alpha value is -1.09. The molecule has 1 aromatic rings. The summed E-state index contributed by atoms with van der Waals surface area (Å²) in [5.74, 6) is 1.03. The van der Waals surface area contributed by atoms with E-state index < -0.39 is 6.10 Å². The summed E-state index contributed by atoms with van der Waals surface area (Å²) in [4.78, 5) is 6.67. The molecule has 0 spiro atoms. The van der Waals surface area contributed by atoms with Gasteiger partial charge in [-0.15, -0.1) is 0 Å².